The van der Waals surface area contributed by atoms with Crippen LogP contribution in [0.3, 0.4) is 0 Å². The first-order valence-electron chi connectivity index (χ1n) is 12.4. The average Bonchev–Trinajstić information content (AvgIpc) is 3.37. The van der Waals surface area contributed by atoms with E-state index < -0.39 is 21.9 Å². The van der Waals surface area contributed by atoms with Gasteiger partial charge in [0.1, 0.15) is 5.75 Å². The average molecular weight is 469 g/mol. The predicted octanol–water partition coefficient (Wildman–Crippen LogP) is 3.49. The monoisotopic (exact) mass is 468 g/mol. The van der Waals surface area contributed by atoms with Gasteiger partial charge in [0.15, 0.2) is 5.78 Å². The molecule has 1 aliphatic carbocycles. The van der Waals surface area contributed by atoms with Crippen molar-refractivity contribution in [2.24, 2.45) is 11.3 Å². The van der Waals surface area contributed by atoms with Crippen LogP contribution in [0.25, 0.3) is 0 Å². The molecular formula is C26H34N3O5-. The Morgan fingerprint density at radius 3 is 2.62 bits per heavy atom. The Bertz CT molecular complexity index is 1110. The molecule has 1 aromatic rings. The van der Waals surface area contributed by atoms with E-state index in [9.17, 15) is 20.0 Å². The number of carbonyl (C=O) groups is 2. The number of ether oxygens (including phenoxy) is 1. The van der Waals surface area contributed by atoms with Crippen molar-refractivity contribution in [1.29, 1.82) is 0 Å². The lowest BCUT2D eigenvalue weighted by Gasteiger charge is -2.55. The third-order valence-electron chi connectivity index (χ3n) is 10.1. The number of fused-ring (bicyclic) bond motifs is 3. The van der Waals surface area contributed by atoms with Crippen molar-refractivity contribution in [2.45, 2.75) is 82.3 Å². The van der Waals surface area contributed by atoms with Crippen molar-refractivity contribution in [3.63, 3.8) is 0 Å². The first-order valence-corrected chi connectivity index (χ1v) is 12.4. The number of carbonyl (C=O) groups excluding carboxylic acids is 2. The molecule has 1 amide bonds. The molecule has 4 atom stereocenters. The number of hydroxylamine groups is 2. The van der Waals surface area contributed by atoms with Gasteiger partial charge in [-0.3, -0.25) is 19.7 Å². The van der Waals surface area contributed by atoms with Crippen LogP contribution in [-0.2, 0) is 10.2 Å². The van der Waals surface area contributed by atoms with Crippen molar-refractivity contribution in [3.8, 4) is 5.75 Å². The molecule has 1 saturated carbocycles. The Morgan fingerprint density at radius 2 is 1.94 bits per heavy atom. The van der Waals surface area contributed by atoms with E-state index in [2.05, 4.69) is 18.7 Å². The second-order valence-corrected chi connectivity index (χ2v) is 12.3. The highest BCUT2D eigenvalue weighted by Gasteiger charge is 2.75. The fraction of sp³-hybridized carbons (Fsp3) is 0.692. The third kappa shape index (κ3) is 2.33. The molecule has 1 aromatic carbocycles. The summed E-state index contributed by atoms with van der Waals surface area (Å²) in [5.74, 6) is 0.222. The molecule has 5 aliphatic rings. The minimum absolute atomic E-state index is 0.0315. The van der Waals surface area contributed by atoms with Crippen LogP contribution >= 0.6 is 0 Å². The number of amides is 1. The number of hydrogen-bond acceptors (Lipinski definition) is 7. The van der Waals surface area contributed by atoms with Crippen molar-refractivity contribution >= 4 is 17.4 Å². The lowest BCUT2D eigenvalue weighted by Crippen LogP contribution is -2.61. The van der Waals surface area contributed by atoms with Gasteiger partial charge in [-0.15, -0.1) is 0 Å². The minimum Gasteiger partial charge on any atom is -0.762 e. The highest BCUT2D eigenvalue weighted by Crippen LogP contribution is 2.70. The van der Waals surface area contributed by atoms with Crippen molar-refractivity contribution in [3.05, 3.63) is 28.5 Å². The molecule has 0 unspecified atom stereocenters. The molecule has 0 aromatic heterocycles. The summed E-state index contributed by atoms with van der Waals surface area (Å²) in [4.78, 5) is 32.1. The molecule has 4 aliphatic heterocycles. The maximum Gasteiger partial charge on any atom is 0.238 e. The highest BCUT2D eigenvalue weighted by molar-refractivity contribution is 6.19. The predicted molar refractivity (Wildman–Crippen MR) is 126 cm³/mol. The zero-order chi connectivity index (χ0) is 24.4. The second kappa shape index (κ2) is 6.60. The standard InChI is InChI=1S/C26H34N3O5/c1-23(2)12-17(30)20-18(34-5)9-8-16-21(20)28(23)22(31)26(16)13-25(29(32)33)14-27-10-6-7-15(27)11-19(25)24(26,3)4/h8-9,15,19,32H,6-7,10-14H2,1-5H3/q-1/t15-,19+,25-,26-/m0/s1. The SMILES string of the molecule is COc1ccc2c3c1C(=O)CC(C)(C)N3C(=O)[C@]21C[C@]2(N([O-])O)CN3CCC[C@H]3C[C@@H]2C1(C)C. The Kier molecular flexibility index (Phi) is 4.36. The summed E-state index contributed by atoms with van der Waals surface area (Å²) >= 11 is 0. The van der Waals surface area contributed by atoms with Gasteiger partial charge >= 0.3 is 0 Å². The molecule has 0 radical (unpaired) electrons. The number of nitrogens with zero attached hydrogens (tertiary/aromatic N) is 3. The summed E-state index contributed by atoms with van der Waals surface area (Å²) < 4.78 is 5.56. The van der Waals surface area contributed by atoms with Crippen LogP contribution < -0.4 is 9.64 Å². The Hall–Kier alpha value is -2.00. The van der Waals surface area contributed by atoms with E-state index in [0.29, 0.717) is 29.6 Å². The minimum atomic E-state index is -1.07. The van der Waals surface area contributed by atoms with Gasteiger partial charge < -0.3 is 20.1 Å². The van der Waals surface area contributed by atoms with Gasteiger partial charge in [0, 0.05) is 24.5 Å². The number of benzene rings is 1. The van der Waals surface area contributed by atoms with Crippen LogP contribution in [0.2, 0.25) is 0 Å². The van der Waals surface area contributed by atoms with E-state index in [4.69, 9.17) is 4.74 Å². The maximum atomic E-state index is 14.7. The molecule has 1 N–H and O–H groups in total. The van der Waals surface area contributed by atoms with E-state index in [0.717, 1.165) is 31.4 Å². The Balaban J connectivity index is 1.62. The number of hydrogen-bond donors (Lipinski definition) is 1. The van der Waals surface area contributed by atoms with Gasteiger partial charge in [0.25, 0.3) is 0 Å². The molecule has 184 valence electrons. The molecule has 2 saturated heterocycles. The second-order valence-electron chi connectivity index (χ2n) is 12.3. The van der Waals surface area contributed by atoms with Gasteiger partial charge in [-0.05, 0) is 69.0 Å². The number of ketones is 1. The zero-order valence-corrected chi connectivity index (χ0v) is 20.7. The summed E-state index contributed by atoms with van der Waals surface area (Å²) in [5.41, 5.74) is -1.48. The number of Topliss-reactive ketones (excluding diaryl/α,β-unsaturated/α-hetero) is 1. The molecule has 0 bridgehead atoms. The van der Waals surface area contributed by atoms with Crippen molar-refractivity contribution < 1.29 is 19.5 Å². The van der Waals surface area contributed by atoms with Crippen molar-refractivity contribution in [1.82, 2.24) is 10.1 Å². The van der Waals surface area contributed by atoms with Gasteiger partial charge in [0.05, 0.1) is 29.3 Å². The molecular weight excluding hydrogens is 434 g/mol. The lowest BCUT2D eigenvalue weighted by molar-refractivity contribution is -0.178. The van der Waals surface area contributed by atoms with E-state index in [1.807, 2.05) is 24.8 Å². The number of rotatable bonds is 2. The zero-order valence-electron chi connectivity index (χ0n) is 20.7. The smallest absolute Gasteiger partial charge is 0.238 e. The molecule has 1 spiro atoms. The third-order valence-corrected chi connectivity index (χ3v) is 10.1. The van der Waals surface area contributed by atoms with Gasteiger partial charge in [0.2, 0.25) is 5.91 Å². The Labute approximate surface area is 200 Å². The maximum absolute atomic E-state index is 14.7. The normalized spacial score (nSPS) is 37.4. The fourth-order valence-electron chi connectivity index (χ4n) is 8.64. The van der Waals surface area contributed by atoms with Crippen LogP contribution in [0.4, 0.5) is 5.69 Å². The first-order chi connectivity index (χ1) is 15.9. The van der Waals surface area contributed by atoms with Gasteiger partial charge in [-0.1, -0.05) is 19.9 Å². The van der Waals surface area contributed by atoms with Crippen LogP contribution in [-0.4, -0.2) is 64.3 Å². The Morgan fingerprint density at radius 1 is 1.21 bits per heavy atom. The highest BCUT2D eigenvalue weighted by atomic mass is 16.8. The number of piperidine rings is 1. The summed E-state index contributed by atoms with van der Waals surface area (Å²) in [7, 11) is 1.54. The quantitative estimate of drug-likeness (QED) is 0.664. The van der Waals surface area contributed by atoms with Crippen LogP contribution in [0.5, 0.6) is 5.75 Å². The topological polar surface area (TPSA) is 96.4 Å². The first kappa shape index (κ1) is 22.5. The van der Waals surface area contributed by atoms with E-state index >= 15 is 0 Å². The molecule has 34 heavy (non-hydrogen) atoms. The van der Waals surface area contributed by atoms with Crippen LogP contribution in [0.1, 0.15) is 75.7 Å². The van der Waals surface area contributed by atoms with E-state index in [1.54, 1.807) is 13.2 Å². The number of methoxy groups -OCH3 is 1. The summed E-state index contributed by atoms with van der Waals surface area (Å²) in [5, 5.41) is 23.8. The summed E-state index contributed by atoms with van der Waals surface area (Å²) in [6.07, 6.45) is 3.40. The summed E-state index contributed by atoms with van der Waals surface area (Å²) in [6, 6.07) is 4.09. The molecule has 8 nitrogen and oxygen atoms in total. The van der Waals surface area contributed by atoms with Gasteiger partial charge in [-0.25, -0.2) is 0 Å². The number of anilines is 1. The summed E-state index contributed by atoms with van der Waals surface area (Å²) in [6.45, 7) is 9.42. The van der Waals surface area contributed by atoms with E-state index in [1.165, 1.54) is 0 Å². The molecule has 8 heteroatoms. The van der Waals surface area contributed by atoms with E-state index in [-0.39, 0.29) is 35.7 Å². The van der Waals surface area contributed by atoms with Crippen LogP contribution in [0.15, 0.2) is 12.1 Å². The largest absolute Gasteiger partial charge is 0.762 e. The molecule has 3 fully saturated rings. The fourth-order valence-corrected chi connectivity index (χ4v) is 8.64. The van der Waals surface area contributed by atoms with Gasteiger partial charge in [-0.2, -0.15) is 0 Å². The van der Waals surface area contributed by atoms with Crippen molar-refractivity contribution in [2.75, 3.05) is 25.1 Å². The molecule has 6 rings (SSSR count). The molecule has 4 heterocycles. The lowest BCUT2D eigenvalue weighted by atomic mass is 9.60. The van der Waals surface area contributed by atoms with Crippen LogP contribution in [0, 0.1) is 16.5 Å².